The lowest BCUT2D eigenvalue weighted by molar-refractivity contribution is -0.139. The lowest BCUT2D eigenvalue weighted by atomic mass is 10.2. The zero-order chi connectivity index (χ0) is 11.4. The van der Waals surface area contributed by atoms with Gasteiger partial charge in [-0.05, 0) is 6.42 Å². The first-order valence-electron chi connectivity index (χ1n) is 3.44. The summed E-state index contributed by atoms with van der Waals surface area (Å²) in [4.78, 5) is 10.3. The standard InChI is InChI=1S/C5H9F2NO5S/c6-5(7)14(12,13)8-3(1-2-9)4(10)11/h3,5,8-9H,1-2H2,(H,10,11)/t3-/m1/s1. The van der Waals surface area contributed by atoms with Crippen LogP contribution in [0.15, 0.2) is 0 Å². The van der Waals surface area contributed by atoms with Gasteiger partial charge in [-0.15, -0.1) is 0 Å². The van der Waals surface area contributed by atoms with E-state index in [0.29, 0.717) is 0 Å². The summed E-state index contributed by atoms with van der Waals surface area (Å²) in [6, 6.07) is -1.74. The van der Waals surface area contributed by atoms with Crippen LogP contribution >= 0.6 is 0 Å². The lowest BCUT2D eigenvalue weighted by Gasteiger charge is -2.12. The van der Waals surface area contributed by atoms with Gasteiger partial charge >= 0.3 is 11.7 Å². The molecule has 0 aromatic rings. The molecule has 84 valence electrons. The molecule has 0 unspecified atom stereocenters. The van der Waals surface area contributed by atoms with E-state index >= 15 is 0 Å². The van der Waals surface area contributed by atoms with Crippen molar-refractivity contribution in [3.8, 4) is 0 Å². The number of carboxylic acids is 1. The molecule has 1 atom stereocenters. The molecular weight excluding hydrogens is 224 g/mol. The molecule has 0 fully saturated rings. The number of aliphatic hydroxyl groups excluding tert-OH is 1. The molecule has 0 radical (unpaired) electrons. The third-order valence-electron chi connectivity index (χ3n) is 1.26. The van der Waals surface area contributed by atoms with Crippen LogP contribution in [0.1, 0.15) is 6.42 Å². The highest BCUT2D eigenvalue weighted by Crippen LogP contribution is 2.04. The number of rotatable bonds is 6. The van der Waals surface area contributed by atoms with Crippen LogP contribution in [-0.4, -0.2) is 43.0 Å². The summed E-state index contributed by atoms with van der Waals surface area (Å²) in [5, 5.41) is 16.7. The van der Waals surface area contributed by atoms with Gasteiger partial charge in [0.1, 0.15) is 6.04 Å². The molecule has 6 nitrogen and oxygen atoms in total. The number of hydrogen-bond acceptors (Lipinski definition) is 4. The molecule has 0 bridgehead atoms. The van der Waals surface area contributed by atoms with Crippen LogP contribution in [0.5, 0.6) is 0 Å². The molecule has 0 aliphatic carbocycles. The molecule has 9 heteroatoms. The predicted molar refractivity (Wildman–Crippen MR) is 41.2 cm³/mol. The lowest BCUT2D eigenvalue weighted by Crippen LogP contribution is -2.43. The zero-order valence-electron chi connectivity index (χ0n) is 6.85. The molecule has 0 saturated heterocycles. The van der Waals surface area contributed by atoms with Gasteiger partial charge in [-0.2, -0.15) is 13.5 Å². The van der Waals surface area contributed by atoms with Crippen LogP contribution in [-0.2, 0) is 14.8 Å². The van der Waals surface area contributed by atoms with E-state index in [1.165, 1.54) is 4.72 Å². The van der Waals surface area contributed by atoms with E-state index in [0.717, 1.165) is 0 Å². The molecule has 0 aromatic carbocycles. The normalized spacial score (nSPS) is 14.3. The number of carbonyl (C=O) groups is 1. The molecule has 0 saturated carbocycles. The molecule has 0 aromatic heterocycles. The largest absolute Gasteiger partial charge is 0.480 e. The van der Waals surface area contributed by atoms with Crippen LogP contribution in [0.25, 0.3) is 0 Å². The molecule has 0 aliphatic rings. The second-order valence-electron chi connectivity index (χ2n) is 2.33. The summed E-state index contributed by atoms with van der Waals surface area (Å²) in [5.41, 5.74) is 0. The van der Waals surface area contributed by atoms with Crippen molar-refractivity contribution in [2.45, 2.75) is 18.2 Å². The van der Waals surface area contributed by atoms with Crippen LogP contribution in [0.3, 0.4) is 0 Å². The minimum absolute atomic E-state index is 0.471. The molecule has 0 amide bonds. The van der Waals surface area contributed by atoms with E-state index in [4.69, 9.17) is 10.2 Å². The summed E-state index contributed by atoms with van der Waals surface area (Å²) >= 11 is 0. The Hall–Kier alpha value is -0.800. The Morgan fingerprint density at radius 1 is 1.43 bits per heavy atom. The molecule has 3 N–H and O–H groups in total. The maximum Gasteiger partial charge on any atom is 0.350 e. The van der Waals surface area contributed by atoms with Gasteiger partial charge in [0, 0.05) is 6.61 Å². The van der Waals surface area contributed by atoms with Gasteiger partial charge in [0.2, 0.25) is 0 Å². The Balaban J connectivity index is 4.53. The van der Waals surface area contributed by atoms with Crippen molar-refractivity contribution in [3.05, 3.63) is 0 Å². The van der Waals surface area contributed by atoms with Crippen molar-refractivity contribution in [2.24, 2.45) is 0 Å². The summed E-state index contributed by atoms with van der Waals surface area (Å²) in [6.07, 6.45) is -0.471. The van der Waals surface area contributed by atoms with E-state index in [-0.39, 0.29) is 0 Å². The maximum atomic E-state index is 11.8. The number of carboxylic acid groups (broad SMARTS) is 1. The Morgan fingerprint density at radius 3 is 2.21 bits per heavy atom. The van der Waals surface area contributed by atoms with Gasteiger partial charge in [0.05, 0.1) is 0 Å². The fourth-order valence-electron chi connectivity index (χ4n) is 0.612. The van der Waals surface area contributed by atoms with Crippen molar-refractivity contribution >= 4 is 16.0 Å². The van der Waals surface area contributed by atoms with Gasteiger partial charge in [-0.1, -0.05) is 0 Å². The number of aliphatic hydroxyl groups is 1. The molecule has 0 heterocycles. The van der Waals surface area contributed by atoms with Crippen molar-refractivity contribution in [1.29, 1.82) is 0 Å². The average Bonchev–Trinajstić information content (AvgIpc) is 2.02. The highest BCUT2D eigenvalue weighted by molar-refractivity contribution is 7.89. The van der Waals surface area contributed by atoms with Gasteiger partial charge in [-0.25, -0.2) is 8.42 Å². The van der Waals surface area contributed by atoms with Crippen molar-refractivity contribution in [2.75, 3.05) is 6.61 Å². The number of nitrogens with one attached hydrogen (secondary N) is 1. The summed E-state index contributed by atoms with van der Waals surface area (Å²) in [6.45, 7) is -0.622. The molecule has 0 rings (SSSR count). The first-order chi connectivity index (χ1) is 6.31. The molecule has 0 aliphatic heterocycles. The van der Waals surface area contributed by atoms with Crippen LogP contribution in [0, 0.1) is 0 Å². The minimum atomic E-state index is -4.94. The highest BCUT2D eigenvalue weighted by Gasteiger charge is 2.30. The van der Waals surface area contributed by atoms with E-state index in [1.807, 2.05) is 0 Å². The zero-order valence-corrected chi connectivity index (χ0v) is 7.67. The van der Waals surface area contributed by atoms with Crippen LogP contribution < -0.4 is 4.72 Å². The maximum absolute atomic E-state index is 11.8. The van der Waals surface area contributed by atoms with Gasteiger partial charge < -0.3 is 10.2 Å². The Morgan fingerprint density at radius 2 is 1.93 bits per heavy atom. The van der Waals surface area contributed by atoms with Gasteiger partial charge in [0.25, 0.3) is 10.0 Å². The molecule has 14 heavy (non-hydrogen) atoms. The first-order valence-corrected chi connectivity index (χ1v) is 4.99. The quantitative estimate of drug-likeness (QED) is 0.544. The Labute approximate surface area is 78.6 Å². The van der Waals surface area contributed by atoms with Crippen LogP contribution in [0.4, 0.5) is 8.78 Å². The summed E-state index contributed by atoms with van der Waals surface area (Å²) in [7, 11) is -4.94. The van der Waals surface area contributed by atoms with Gasteiger partial charge in [0.15, 0.2) is 0 Å². The van der Waals surface area contributed by atoms with Crippen molar-refractivity contribution < 1.29 is 32.2 Å². The van der Waals surface area contributed by atoms with Crippen LogP contribution in [0.2, 0.25) is 0 Å². The third kappa shape index (κ3) is 3.94. The predicted octanol–water partition coefficient (Wildman–Crippen LogP) is -1.04. The monoisotopic (exact) mass is 233 g/mol. The summed E-state index contributed by atoms with van der Waals surface area (Å²) < 4.78 is 45.8. The number of halogens is 2. The Bertz CT molecular complexity index is 290. The molecule has 0 spiro atoms. The number of sulfonamides is 1. The SMILES string of the molecule is O=C(O)[C@@H](CCO)NS(=O)(=O)C(F)F. The fourth-order valence-corrected chi connectivity index (χ4v) is 1.33. The van der Waals surface area contributed by atoms with Crippen molar-refractivity contribution in [1.82, 2.24) is 4.72 Å². The smallest absolute Gasteiger partial charge is 0.350 e. The second kappa shape index (κ2) is 5.17. The number of hydrogen-bond donors (Lipinski definition) is 3. The highest BCUT2D eigenvalue weighted by atomic mass is 32.2. The fraction of sp³-hybridized carbons (Fsp3) is 0.800. The average molecular weight is 233 g/mol. The van der Waals surface area contributed by atoms with Crippen molar-refractivity contribution in [3.63, 3.8) is 0 Å². The van der Waals surface area contributed by atoms with E-state index in [9.17, 15) is 22.0 Å². The molecular formula is C5H9F2NO5S. The topological polar surface area (TPSA) is 104 Å². The number of aliphatic carboxylic acids is 1. The van der Waals surface area contributed by atoms with E-state index < -0.39 is 40.8 Å². The van der Waals surface area contributed by atoms with E-state index in [2.05, 4.69) is 0 Å². The first kappa shape index (κ1) is 13.2. The second-order valence-corrected chi connectivity index (χ2v) is 4.01. The van der Waals surface area contributed by atoms with E-state index in [1.54, 1.807) is 0 Å². The Kier molecular flexibility index (Phi) is 4.88. The minimum Gasteiger partial charge on any atom is -0.480 e. The summed E-state index contributed by atoms with van der Waals surface area (Å²) in [5.74, 6) is -5.31. The van der Waals surface area contributed by atoms with Gasteiger partial charge in [-0.3, -0.25) is 4.79 Å². The number of alkyl halides is 2. The third-order valence-corrected chi connectivity index (χ3v) is 2.34.